The topological polar surface area (TPSA) is 84.2 Å². The Labute approximate surface area is 141 Å². The Morgan fingerprint density at radius 2 is 1.91 bits per heavy atom. The van der Waals surface area contributed by atoms with Crippen LogP contribution in [-0.4, -0.2) is 23.7 Å². The molecule has 0 aliphatic heterocycles. The summed E-state index contributed by atoms with van der Waals surface area (Å²) in [6.07, 6.45) is 4.76. The van der Waals surface area contributed by atoms with E-state index >= 15 is 0 Å². The molecule has 0 heterocycles. The van der Waals surface area contributed by atoms with Crippen LogP contribution in [0.3, 0.4) is 0 Å². The second-order valence-electron chi connectivity index (χ2n) is 6.12. The van der Waals surface area contributed by atoms with Crippen molar-refractivity contribution in [2.45, 2.75) is 50.0 Å². The van der Waals surface area contributed by atoms with E-state index in [1.807, 2.05) is 24.3 Å². The van der Waals surface area contributed by atoms with Gasteiger partial charge >= 0.3 is 6.03 Å². The number of carbonyl (C=O) groups excluding carboxylic acids is 2. The molecular formula is C17H25N3O2S. The molecular weight excluding hydrogens is 310 g/mol. The lowest BCUT2D eigenvalue weighted by Gasteiger charge is -2.27. The number of primary amides is 1. The Hall–Kier alpha value is -1.69. The van der Waals surface area contributed by atoms with Crippen LogP contribution in [0, 0.1) is 5.92 Å². The summed E-state index contributed by atoms with van der Waals surface area (Å²) in [5, 5.41) is 5.98. The molecule has 126 valence electrons. The molecule has 1 aliphatic carbocycles. The van der Waals surface area contributed by atoms with Crippen LogP contribution in [0.25, 0.3) is 0 Å². The van der Waals surface area contributed by atoms with Crippen LogP contribution in [0.2, 0.25) is 0 Å². The van der Waals surface area contributed by atoms with Crippen LogP contribution in [0.1, 0.15) is 39.0 Å². The van der Waals surface area contributed by atoms with Gasteiger partial charge in [0.1, 0.15) is 0 Å². The second kappa shape index (κ2) is 8.82. The van der Waals surface area contributed by atoms with Crippen molar-refractivity contribution in [2.24, 2.45) is 11.7 Å². The lowest BCUT2D eigenvalue weighted by atomic mass is 9.87. The van der Waals surface area contributed by atoms with E-state index in [4.69, 9.17) is 5.73 Å². The number of nitrogens with two attached hydrogens (primary N) is 1. The maximum atomic E-state index is 12.2. The Morgan fingerprint density at radius 3 is 2.61 bits per heavy atom. The third kappa shape index (κ3) is 6.14. The van der Waals surface area contributed by atoms with Gasteiger partial charge in [-0.25, -0.2) is 4.79 Å². The summed E-state index contributed by atoms with van der Waals surface area (Å²) in [7, 11) is 0. The number of rotatable bonds is 6. The van der Waals surface area contributed by atoms with Gasteiger partial charge in [0.25, 0.3) is 0 Å². The first kappa shape index (κ1) is 17.7. The van der Waals surface area contributed by atoms with E-state index in [1.54, 1.807) is 0 Å². The molecule has 1 aromatic carbocycles. The molecule has 0 aromatic heterocycles. The van der Waals surface area contributed by atoms with E-state index in [-0.39, 0.29) is 18.0 Å². The van der Waals surface area contributed by atoms with Gasteiger partial charge in [-0.2, -0.15) is 0 Å². The minimum atomic E-state index is -0.313. The summed E-state index contributed by atoms with van der Waals surface area (Å²) >= 11 is 1.52. The number of anilines is 1. The zero-order valence-electron chi connectivity index (χ0n) is 13.5. The predicted molar refractivity (Wildman–Crippen MR) is 94.6 cm³/mol. The summed E-state index contributed by atoms with van der Waals surface area (Å²) in [5.74, 6) is 1.06. The van der Waals surface area contributed by atoms with Crippen molar-refractivity contribution in [1.29, 1.82) is 0 Å². The Morgan fingerprint density at radius 1 is 1.22 bits per heavy atom. The SMILES string of the molecule is CC1CCC(NC(=O)Nc2ccccc2SCCC(N)=O)CC1. The summed E-state index contributed by atoms with van der Waals surface area (Å²) < 4.78 is 0. The van der Waals surface area contributed by atoms with Crippen LogP contribution < -0.4 is 16.4 Å². The van der Waals surface area contributed by atoms with E-state index < -0.39 is 0 Å². The van der Waals surface area contributed by atoms with E-state index in [0.29, 0.717) is 12.2 Å². The maximum absolute atomic E-state index is 12.2. The summed E-state index contributed by atoms with van der Waals surface area (Å²) in [6, 6.07) is 7.71. The van der Waals surface area contributed by atoms with Gasteiger partial charge in [0.05, 0.1) is 5.69 Å². The first-order valence-corrected chi connectivity index (χ1v) is 9.11. The van der Waals surface area contributed by atoms with E-state index in [9.17, 15) is 9.59 Å². The standard InChI is InChI=1S/C17H25N3O2S/c1-12-6-8-13(9-7-12)19-17(22)20-14-4-2-3-5-15(14)23-11-10-16(18)21/h2-5,12-13H,6-11H2,1H3,(H2,18,21)(H2,19,20,22). The minimum absolute atomic E-state index is 0.160. The van der Waals surface area contributed by atoms with Crippen molar-refractivity contribution in [1.82, 2.24) is 5.32 Å². The van der Waals surface area contributed by atoms with Gasteiger partial charge in [-0.05, 0) is 43.7 Å². The molecule has 1 aromatic rings. The molecule has 0 atom stereocenters. The molecule has 0 unspecified atom stereocenters. The van der Waals surface area contributed by atoms with E-state index in [2.05, 4.69) is 17.6 Å². The molecule has 23 heavy (non-hydrogen) atoms. The molecule has 1 saturated carbocycles. The Bertz CT molecular complexity index is 542. The van der Waals surface area contributed by atoms with Crippen molar-refractivity contribution in [2.75, 3.05) is 11.1 Å². The normalized spacial score (nSPS) is 20.7. The van der Waals surface area contributed by atoms with Crippen LogP contribution in [0.5, 0.6) is 0 Å². The highest BCUT2D eigenvalue weighted by Gasteiger charge is 2.20. The van der Waals surface area contributed by atoms with Crippen molar-refractivity contribution in [3.05, 3.63) is 24.3 Å². The molecule has 4 N–H and O–H groups in total. The number of nitrogens with one attached hydrogen (secondary N) is 2. The smallest absolute Gasteiger partial charge is 0.319 e. The third-order valence-electron chi connectivity index (χ3n) is 4.09. The fraction of sp³-hybridized carbons (Fsp3) is 0.529. The van der Waals surface area contributed by atoms with Gasteiger partial charge in [-0.3, -0.25) is 4.79 Å². The predicted octanol–water partition coefficient (Wildman–Crippen LogP) is 3.35. The number of hydrogen-bond acceptors (Lipinski definition) is 3. The maximum Gasteiger partial charge on any atom is 0.319 e. The average Bonchev–Trinajstić information content (AvgIpc) is 2.51. The molecule has 6 heteroatoms. The lowest BCUT2D eigenvalue weighted by Crippen LogP contribution is -2.40. The molecule has 1 aliphatic rings. The van der Waals surface area contributed by atoms with Crippen LogP contribution in [0.4, 0.5) is 10.5 Å². The average molecular weight is 335 g/mol. The fourth-order valence-electron chi connectivity index (χ4n) is 2.71. The number of benzene rings is 1. The molecule has 2 rings (SSSR count). The number of urea groups is 1. The highest BCUT2D eigenvalue weighted by atomic mass is 32.2. The van der Waals surface area contributed by atoms with Gasteiger partial charge in [-0.1, -0.05) is 19.1 Å². The Balaban J connectivity index is 1.86. The van der Waals surface area contributed by atoms with Crippen LogP contribution in [0.15, 0.2) is 29.2 Å². The van der Waals surface area contributed by atoms with Crippen molar-refractivity contribution < 1.29 is 9.59 Å². The van der Waals surface area contributed by atoms with Crippen LogP contribution in [-0.2, 0) is 4.79 Å². The van der Waals surface area contributed by atoms with Crippen molar-refractivity contribution in [3.8, 4) is 0 Å². The molecule has 1 fully saturated rings. The number of hydrogen-bond donors (Lipinski definition) is 3. The summed E-state index contributed by atoms with van der Waals surface area (Å²) in [4.78, 5) is 24.0. The first-order valence-electron chi connectivity index (χ1n) is 8.12. The number of amides is 3. The first-order chi connectivity index (χ1) is 11.0. The number of thioether (sulfide) groups is 1. The van der Waals surface area contributed by atoms with E-state index in [1.165, 1.54) is 24.6 Å². The van der Waals surface area contributed by atoms with E-state index in [0.717, 1.165) is 29.3 Å². The third-order valence-corrected chi connectivity index (χ3v) is 5.17. The van der Waals surface area contributed by atoms with Crippen LogP contribution >= 0.6 is 11.8 Å². The molecule has 3 amide bonds. The zero-order valence-corrected chi connectivity index (χ0v) is 14.3. The largest absolute Gasteiger partial charge is 0.370 e. The van der Waals surface area contributed by atoms with Gasteiger partial charge in [0.2, 0.25) is 5.91 Å². The Kier molecular flexibility index (Phi) is 6.77. The monoisotopic (exact) mass is 335 g/mol. The highest BCUT2D eigenvalue weighted by molar-refractivity contribution is 7.99. The van der Waals surface area contributed by atoms with Gasteiger partial charge in [0, 0.05) is 23.1 Å². The minimum Gasteiger partial charge on any atom is -0.370 e. The lowest BCUT2D eigenvalue weighted by molar-refractivity contribution is -0.117. The van der Waals surface area contributed by atoms with Gasteiger partial charge in [-0.15, -0.1) is 11.8 Å². The highest BCUT2D eigenvalue weighted by Crippen LogP contribution is 2.28. The van der Waals surface area contributed by atoms with Gasteiger partial charge in [0.15, 0.2) is 0 Å². The summed E-state index contributed by atoms with van der Waals surface area (Å²) in [5.41, 5.74) is 5.92. The molecule has 0 saturated heterocycles. The van der Waals surface area contributed by atoms with Gasteiger partial charge < -0.3 is 16.4 Å². The number of carbonyl (C=O) groups is 2. The van der Waals surface area contributed by atoms with Crippen molar-refractivity contribution in [3.63, 3.8) is 0 Å². The van der Waals surface area contributed by atoms with Crippen molar-refractivity contribution >= 4 is 29.4 Å². The molecule has 0 bridgehead atoms. The summed E-state index contributed by atoms with van der Waals surface area (Å²) in [6.45, 7) is 2.26. The number of para-hydroxylation sites is 1. The zero-order chi connectivity index (χ0) is 16.7. The molecule has 0 radical (unpaired) electrons. The fourth-order valence-corrected chi connectivity index (χ4v) is 3.68. The molecule has 5 nitrogen and oxygen atoms in total. The molecule has 0 spiro atoms. The quantitative estimate of drug-likeness (QED) is 0.697. The second-order valence-corrected chi connectivity index (χ2v) is 7.25.